The monoisotopic (exact) mass is 246 g/mol. The third-order valence-corrected chi connectivity index (χ3v) is 2.73. The van der Waals surface area contributed by atoms with Crippen LogP contribution >= 0.6 is 0 Å². The Balaban J connectivity index is 1.96. The Bertz CT molecular complexity index is 455. The molecule has 0 spiro atoms. The number of nitrogens with zero attached hydrogens (tertiary/aromatic N) is 2. The summed E-state index contributed by atoms with van der Waals surface area (Å²) in [6.07, 6.45) is 1.14. The molecule has 5 nitrogen and oxygen atoms in total. The lowest BCUT2D eigenvalue weighted by Gasteiger charge is -2.29. The van der Waals surface area contributed by atoms with Crippen molar-refractivity contribution >= 4 is 12.0 Å². The molecule has 1 aliphatic heterocycles. The highest BCUT2D eigenvalue weighted by atomic mass is 16.7. The number of hydrogen-bond acceptors (Lipinski definition) is 3. The van der Waals surface area contributed by atoms with Crippen LogP contribution in [0.3, 0.4) is 0 Å². The summed E-state index contributed by atoms with van der Waals surface area (Å²) in [7, 11) is 0. The van der Waals surface area contributed by atoms with Gasteiger partial charge in [0.15, 0.2) is 6.29 Å². The van der Waals surface area contributed by atoms with Gasteiger partial charge in [-0.2, -0.15) is 4.79 Å². The van der Waals surface area contributed by atoms with Crippen molar-refractivity contribution in [3.8, 4) is 0 Å². The Hall–Kier alpha value is -1.81. The molecule has 0 aromatic heterocycles. The maximum atomic E-state index is 11.3. The van der Waals surface area contributed by atoms with Gasteiger partial charge in [-0.1, -0.05) is 30.3 Å². The van der Waals surface area contributed by atoms with E-state index in [1.54, 1.807) is 0 Å². The highest BCUT2D eigenvalue weighted by molar-refractivity contribution is 6.25. The van der Waals surface area contributed by atoms with Crippen molar-refractivity contribution in [2.24, 2.45) is 0 Å². The second-order valence-corrected chi connectivity index (χ2v) is 4.08. The highest BCUT2D eigenvalue weighted by Gasteiger charge is 2.26. The van der Waals surface area contributed by atoms with Crippen LogP contribution in [-0.4, -0.2) is 29.5 Å². The van der Waals surface area contributed by atoms with Gasteiger partial charge in [0.25, 0.3) is 0 Å². The van der Waals surface area contributed by atoms with E-state index in [2.05, 4.69) is 4.79 Å². The normalized spacial score (nSPS) is 23.1. The van der Waals surface area contributed by atoms with E-state index in [9.17, 15) is 4.79 Å². The zero-order chi connectivity index (χ0) is 12.8. The molecule has 0 radical (unpaired) electrons. The van der Waals surface area contributed by atoms with E-state index in [0.29, 0.717) is 13.0 Å². The molecule has 94 valence electrons. The van der Waals surface area contributed by atoms with Gasteiger partial charge in [0.2, 0.25) is 5.78 Å². The molecule has 5 heteroatoms. The van der Waals surface area contributed by atoms with Gasteiger partial charge in [-0.3, -0.25) is 4.79 Å². The third-order valence-electron chi connectivity index (χ3n) is 2.73. The van der Waals surface area contributed by atoms with E-state index in [1.165, 1.54) is 0 Å². The summed E-state index contributed by atoms with van der Waals surface area (Å²) < 4.78 is 11.2. The second kappa shape index (κ2) is 6.21. The molecular formula is C13H14N2O3. The van der Waals surface area contributed by atoms with Gasteiger partial charge >= 0.3 is 6.21 Å². The predicted molar refractivity (Wildman–Crippen MR) is 63.9 cm³/mol. The Kier molecular flexibility index (Phi) is 4.36. The van der Waals surface area contributed by atoms with E-state index in [4.69, 9.17) is 15.0 Å². The van der Waals surface area contributed by atoms with Crippen LogP contribution in [0.4, 0.5) is 0 Å². The molecule has 1 saturated heterocycles. The number of ketones is 1. The van der Waals surface area contributed by atoms with Gasteiger partial charge in [-0.15, -0.1) is 0 Å². The molecule has 0 bridgehead atoms. The van der Waals surface area contributed by atoms with Crippen molar-refractivity contribution in [2.45, 2.75) is 25.2 Å². The maximum absolute atomic E-state index is 11.3. The fourth-order valence-corrected chi connectivity index (χ4v) is 1.87. The Morgan fingerprint density at radius 2 is 2.22 bits per heavy atom. The van der Waals surface area contributed by atoms with Crippen molar-refractivity contribution in [1.29, 1.82) is 0 Å². The smallest absolute Gasteiger partial charge is 0.323 e. The number of Topliss-reactive ketones (excluding diaryl/α,β-unsaturated/α-hetero) is 1. The van der Waals surface area contributed by atoms with Gasteiger partial charge in [-0.05, 0) is 6.42 Å². The second-order valence-electron chi connectivity index (χ2n) is 4.08. The minimum absolute atomic E-state index is 0.200. The molecule has 0 unspecified atom stereocenters. The first kappa shape index (κ1) is 12.6. The zero-order valence-electron chi connectivity index (χ0n) is 9.86. The van der Waals surface area contributed by atoms with Crippen LogP contribution in [0.15, 0.2) is 30.3 Å². The highest BCUT2D eigenvalue weighted by Crippen LogP contribution is 2.27. The summed E-state index contributed by atoms with van der Waals surface area (Å²) in [6, 6.07) is 9.59. The maximum Gasteiger partial charge on any atom is 0.323 e. The van der Waals surface area contributed by atoms with Crippen LogP contribution in [0.1, 0.15) is 24.7 Å². The first-order valence-corrected chi connectivity index (χ1v) is 5.82. The van der Waals surface area contributed by atoms with Crippen molar-refractivity contribution in [3.05, 3.63) is 41.4 Å². The molecule has 18 heavy (non-hydrogen) atoms. The Labute approximate surface area is 105 Å². The van der Waals surface area contributed by atoms with Gasteiger partial charge < -0.3 is 15.0 Å². The summed E-state index contributed by atoms with van der Waals surface area (Å²) in [5.41, 5.74) is 9.21. The topological polar surface area (TPSA) is 71.9 Å². The van der Waals surface area contributed by atoms with Gasteiger partial charge in [0.05, 0.1) is 12.7 Å². The molecule has 1 fully saturated rings. The molecule has 2 atom stereocenters. The van der Waals surface area contributed by atoms with Crippen LogP contribution in [0, 0.1) is 0 Å². The lowest BCUT2D eigenvalue weighted by molar-refractivity contribution is -0.217. The predicted octanol–water partition coefficient (Wildman–Crippen LogP) is 1.75. The molecule has 1 aromatic carbocycles. The quantitative estimate of drug-likeness (QED) is 0.461. The standard InChI is InChI=1S/C13H14N2O3/c14-15-9-11(16)8-12-6-7-17-13(18-12)10-4-2-1-3-5-10/h1-5,9,12-13H,6-8H2/t12-,13-/m1/s1. The Morgan fingerprint density at radius 1 is 1.44 bits per heavy atom. The molecule has 1 aromatic rings. The summed E-state index contributed by atoms with van der Waals surface area (Å²) in [5.74, 6) is -0.254. The van der Waals surface area contributed by atoms with Crippen LogP contribution in [-0.2, 0) is 14.3 Å². The molecule has 0 saturated carbocycles. The number of ether oxygens (including phenoxy) is 2. The lowest BCUT2D eigenvalue weighted by atomic mass is 10.1. The number of benzene rings is 1. The molecule has 1 aliphatic rings. The fraction of sp³-hybridized carbons (Fsp3) is 0.385. The van der Waals surface area contributed by atoms with Crippen LogP contribution in [0.5, 0.6) is 0 Å². The van der Waals surface area contributed by atoms with Crippen molar-refractivity contribution in [1.82, 2.24) is 0 Å². The minimum Gasteiger partial charge on any atom is -0.361 e. The van der Waals surface area contributed by atoms with Gasteiger partial charge in [0.1, 0.15) is 0 Å². The zero-order valence-corrected chi connectivity index (χ0v) is 9.86. The molecule has 0 amide bonds. The molecule has 2 rings (SSSR count). The van der Waals surface area contributed by atoms with Gasteiger partial charge in [-0.25, -0.2) is 0 Å². The van der Waals surface area contributed by atoms with Crippen molar-refractivity contribution < 1.29 is 19.1 Å². The lowest BCUT2D eigenvalue weighted by Crippen LogP contribution is -2.29. The number of hydrogen-bond donors (Lipinski definition) is 0. The van der Waals surface area contributed by atoms with E-state index < -0.39 is 6.29 Å². The molecule has 1 heterocycles. The van der Waals surface area contributed by atoms with E-state index in [-0.39, 0.29) is 18.3 Å². The summed E-state index contributed by atoms with van der Waals surface area (Å²) in [4.78, 5) is 14.0. The average Bonchev–Trinajstić information content (AvgIpc) is 2.40. The molecular weight excluding hydrogens is 232 g/mol. The van der Waals surface area contributed by atoms with Crippen molar-refractivity contribution in [3.63, 3.8) is 0 Å². The van der Waals surface area contributed by atoms with Crippen LogP contribution in [0.2, 0.25) is 0 Å². The summed E-state index contributed by atoms with van der Waals surface area (Å²) in [6.45, 7) is 0.549. The summed E-state index contributed by atoms with van der Waals surface area (Å²) in [5, 5.41) is 0. The number of rotatable bonds is 4. The number of carbonyl (C=O) groups excluding carboxylic acids is 1. The van der Waals surface area contributed by atoms with Crippen molar-refractivity contribution in [2.75, 3.05) is 6.61 Å². The van der Waals surface area contributed by atoms with E-state index in [0.717, 1.165) is 11.8 Å². The van der Waals surface area contributed by atoms with Gasteiger partial charge in [0, 0.05) is 12.0 Å². The SMILES string of the molecule is [N-]=[N+]=CC(=O)C[C@H]1CCO[C@@H](c2ccccc2)O1. The van der Waals surface area contributed by atoms with Crippen LogP contribution < -0.4 is 0 Å². The van der Waals surface area contributed by atoms with E-state index >= 15 is 0 Å². The summed E-state index contributed by atoms with van der Waals surface area (Å²) >= 11 is 0. The van der Waals surface area contributed by atoms with Crippen LogP contribution in [0.25, 0.3) is 5.53 Å². The first-order chi connectivity index (χ1) is 8.79. The number of carbonyl (C=O) groups is 1. The van der Waals surface area contributed by atoms with E-state index in [1.807, 2.05) is 30.3 Å². The Morgan fingerprint density at radius 3 is 2.94 bits per heavy atom. The third kappa shape index (κ3) is 3.34. The minimum atomic E-state index is -0.427. The largest absolute Gasteiger partial charge is 0.361 e. The first-order valence-electron chi connectivity index (χ1n) is 5.82. The molecule has 0 aliphatic carbocycles. The fourth-order valence-electron chi connectivity index (χ4n) is 1.87. The average molecular weight is 246 g/mol. The molecule has 0 N–H and O–H groups in total.